The minimum atomic E-state index is -4.82. The van der Waals surface area contributed by atoms with Crippen LogP contribution in [0.2, 0.25) is 0 Å². The number of carbonyl (C=O) groups is 2. The molecule has 0 saturated heterocycles. The predicted molar refractivity (Wildman–Crippen MR) is 107 cm³/mol. The van der Waals surface area contributed by atoms with Crippen LogP contribution in [-0.4, -0.2) is 29.9 Å². The van der Waals surface area contributed by atoms with Crippen molar-refractivity contribution in [3.8, 4) is 11.5 Å². The number of rotatable bonds is 4. The molecule has 3 rings (SSSR count). The number of carbonyl (C=O) groups excluding carboxylic acids is 2. The highest BCUT2D eigenvalue weighted by Gasteiger charge is 2.40. The second-order valence-corrected chi connectivity index (χ2v) is 6.18. The minimum absolute atomic E-state index is 0.0160. The second-order valence-electron chi connectivity index (χ2n) is 6.18. The molecule has 6 nitrogen and oxygen atoms in total. The van der Waals surface area contributed by atoms with Crippen LogP contribution in [0.15, 0.2) is 91.0 Å². The molecule has 9 heteroatoms. The van der Waals surface area contributed by atoms with Gasteiger partial charge in [0.05, 0.1) is 5.69 Å². The molecule has 0 heterocycles. The first-order valence-corrected chi connectivity index (χ1v) is 9.06. The predicted octanol–water partition coefficient (Wildman–Crippen LogP) is 5.67. The fourth-order valence-corrected chi connectivity index (χ4v) is 2.57. The normalized spacial score (nSPS) is 10.8. The molecule has 0 N–H and O–H groups in total. The van der Waals surface area contributed by atoms with Gasteiger partial charge in [0.15, 0.2) is 0 Å². The molecular formula is C22H17F3N2O4. The Hall–Kier alpha value is -4.01. The Labute approximate surface area is 176 Å². The van der Waals surface area contributed by atoms with Crippen LogP contribution >= 0.6 is 0 Å². The highest BCUT2D eigenvalue weighted by atomic mass is 19.4. The standard InChI is InChI=1S/C22H17F3N2O4/c23-22(24,25)16-26(20(28)30-18-12-6-2-7-13-18)27(17-10-4-1-5-11-17)21(29)31-19-14-8-3-9-15-19/h1-15H,16H2. The third kappa shape index (κ3) is 6.23. The molecule has 0 aliphatic rings. The van der Waals surface area contributed by atoms with Crippen molar-refractivity contribution >= 4 is 17.9 Å². The Balaban J connectivity index is 1.97. The van der Waals surface area contributed by atoms with Gasteiger partial charge in [0, 0.05) is 0 Å². The Morgan fingerprint density at radius 2 is 1.10 bits per heavy atom. The molecule has 0 spiro atoms. The van der Waals surface area contributed by atoms with E-state index < -0.39 is 24.9 Å². The molecule has 2 amide bonds. The van der Waals surface area contributed by atoms with E-state index in [1.807, 2.05) is 0 Å². The van der Waals surface area contributed by atoms with Crippen molar-refractivity contribution in [2.24, 2.45) is 0 Å². The van der Waals surface area contributed by atoms with Crippen molar-refractivity contribution in [3.63, 3.8) is 0 Å². The van der Waals surface area contributed by atoms with Crippen molar-refractivity contribution in [2.75, 3.05) is 11.6 Å². The molecule has 0 fully saturated rings. The Kier molecular flexibility index (Phi) is 6.76. The monoisotopic (exact) mass is 430 g/mol. The van der Waals surface area contributed by atoms with Crippen LogP contribution in [0.5, 0.6) is 11.5 Å². The number of anilines is 1. The van der Waals surface area contributed by atoms with E-state index in [1.54, 1.807) is 42.5 Å². The van der Waals surface area contributed by atoms with Gasteiger partial charge >= 0.3 is 18.4 Å². The summed E-state index contributed by atoms with van der Waals surface area (Å²) >= 11 is 0. The third-order valence-corrected chi connectivity index (χ3v) is 3.85. The van der Waals surface area contributed by atoms with Crippen molar-refractivity contribution < 1.29 is 32.2 Å². The number of para-hydroxylation sites is 3. The SMILES string of the molecule is O=C(Oc1ccccc1)N(CC(F)(F)F)N(C(=O)Oc1ccccc1)c1ccccc1. The lowest BCUT2D eigenvalue weighted by Gasteiger charge is -2.33. The van der Waals surface area contributed by atoms with Crippen LogP contribution in [0.3, 0.4) is 0 Å². The highest BCUT2D eigenvalue weighted by Crippen LogP contribution is 2.25. The van der Waals surface area contributed by atoms with E-state index in [9.17, 15) is 22.8 Å². The van der Waals surface area contributed by atoms with E-state index in [0.717, 1.165) is 0 Å². The molecule has 0 bridgehead atoms. The molecule has 0 atom stereocenters. The average molecular weight is 430 g/mol. The maximum atomic E-state index is 13.3. The molecule has 3 aromatic rings. The van der Waals surface area contributed by atoms with Gasteiger partial charge in [0.1, 0.15) is 18.0 Å². The zero-order valence-electron chi connectivity index (χ0n) is 16.0. The van der Waals surface area contributed by atoms with Crippen molar-refractivity contribution in [2.45, 2.75) is 6.18 Å². The van der Waals surface area contributed by atoms with Gasteiger partial charge in [-0.3, -0.25) is 0 Å². The smallest absolute Gasteiger partial charge is 0.409 e. The summed E-state index contributed by atoms with van der Waals surface area (Å²) in [5, 5.41) is 0.638. The number of ether oxygens (including phenoxy) is 2. The molecular weight excluding hydrogens is 413 g/mol. The van der Waals surface area contributed by atoms with Gasteiger partial charge in [0.2, 0.25) is 0 Å². The van der Waals surface area contributed by atoms with Crippen molar-refractivity contribution in [3.05, 3.63) is 91.0 Å². The number of benzene rings is 3. The highest BCUT2D eigenvalue weighted by molar-refractivity contribution is 5.92. The summed E-state index contributed by atoms with van der Waals surface area (Å²) < 4.78 is 50.3. The third-order valence-electron chi connectivity index (χ3n) is 3.85. The van der Waals surface area contributed by atoms with E-state index in [0.29, 0.717) is 5.01 Å². The fourth-order valence-electron chi connectivity index (χ4n) is 2.57. The van der Waals surface area contributed by atoms with E-state index >= 15 is 0 Å². The number of alkyl halides is 3. The Bertz CT molecular complexity index is 1000. The number of halogens is 3. The van der Waals surface area contributed by atoms with Crippen LogP contribution in [0.1, 0.15) is 0 Å². The average Bonchev–Trinajstić information content (AvgIpc) is 2.74. The number of hydrogen-bond donors (Lipinski definition) is 0. The number of hydrazine groups is 1. The molecule has 0 unspecified atom stereocenters. The molecule has 0 radical (unpaired) electrons. The summed E-state index contributed by atoms with van der Waals surface area (Å²) in [5.41, 5.74) is -0.0160. The van der Waals surface area contributed by atoms with E-state index in [4.69, 9.17) is 9.47 Å². The maximum absolute atomic E-state index is 13.3. The minimum Gasteiger partial charge on any atom is -0.409 e. The Morgan fingerprint density at radius 3 is 1.55 bits per heavy atom. The summed E-state index contributed by atoms with van der Waals surface area (Å²) in [5.74, 6) is 0.112. The van der Waals surface area contributed by atoms with Crippen LogP contribution in [0.25, 0.3) is 0 Å². The van der Waals surface area contributed by atoms with Crippen LogP contribution in [0, 0.1) is 0 Å². The van der Waals surface area contributed by atoms with Gasteiger partial charge in [0.25, 0.3) is 0 Å². The number of amides is 2. The van der Waals surface area contributed by atoms with E-state index in [2.05, 4.69) is 0 Å². The molecule has 0 aromatic heterocycles. The maximum Gasteiger partial charge on any atom is 0.439 e. The fraction of sp³-hybridized carbons (Fsp3) is 0.0909. The summed E-state index contributed by atoms with van der Waals surface area (Å²) in [6, 6.07) is 22.7. The lowest BCUT2D eigenvalue weighted by Crippen LogP contribution is -2.55. The topological polar surface area (TPSA) is 59.1 Å². The largest absolute Gasteiger partial charge is 0.439 e. The molecule has 0 aliphatic heterocycles. The van der Waals surface area contributed by atoms with Crippen LogP contribution in [0.4, 0.5) is 28.4 Å². The molecule has 0 aliphatic carbocycles. The van der Waals surface area contributed by atoms with E-state index in [-0.39, 0.29) is 22.2 Å². The van der Waals surface area contributed by atoms with Crippen LogP contribution in [-0.2, 0) is 0 Å². The van der Waals surface area contributed by atoms with Gasteiger partial charge < -0.3 is 9.47 Å². The molecule has 31 heavy (non-hydrogen) atoms. The summed E-state index contributed by atoms with van der Waals surface area (Å²) in [6.07, 6.45) is -7.44. The quantitative estimate of drug-likeness (QED) is 0.501. The van der Waals surface area contributed by atoms with Gasteiger partial charge in [-0.2, -0.15) is 23.2 Å². The van der Waals surface area contributed by atoms with Gasteiger partial charge in [-0.05, 0) is 36.4 Å². The molecule has 0 saturated carbocycles. The van der Waals surface area contributed by atoms with Crippen LogP contribution < -0.4 is 14.5 Å². The van der Waals surface area contributed by atoms with Gasteiger partial charge in [-0.25, -0.2) is 9.59 Å². The second kappa shape index (κ2) is 9.66. The first-order valence-electron chi connectivity index (χ1n) is 9.06. The van der Waals surface area contributed by atoms with Crippen molar-refractivity contribution in [1.29, 1.82) is 0 Å². The Morgan fingerprint density at radius 1 is 0.677 bits per heavy atom. The lowest BCUT2D eigenvalue weighted by molar-refractivity contribution is -0.141. The first kappa shape index (κ1) is 21.7. The summed E-state index contributed by atoms with van der Waals surface area (Å²) in [4.78, 5) is 25.6. The number of nitrogens with zero attached hydrogens (tertiary/aromatic N) is 2. The van der Waals surface area contributed by atoms with Crippen molar-refractivity contribution in [1.82, 2.24) is 5.01 Å². The van der Waals surface area contributed by atoms with Gasteiger partial charge in [-0.1, -0.05) is 54.6 Å². The molecule has 3 aromatic carbocycles. The lowest BCUT2D eigenvalue weighted by atomic mass is 10.3. The zero-order chi connectivity index (χ0) is 22.3. The summed E-state index contributed by atoms with van der Waals surface area (Å²) in [6.45, 7) is -1.78. The zero-order valence-corrected chi connectivity index (χ0v) is 16.0. The first-order chi connectivity index (χ1) is 14.8. The van der Waals surface area contributed by atoms with E-state index in [1.165, 1.54) is 48.5 Å². The number of hydrogen-bond acceptors (Lipinski definition) is 4. The summed E-state index contributed by atoms with van der Waals surface area (Å²) in [7, 11) is 0. The van der Waals surface area contributed by atoms with Gasteiger partial charge in [-0.15, -0.1) is 0 Å². The molecule has 160 valence electrons.